The summed E-state index contributed by atoms with van der Waals surface area (Å²) in [4.78, 5) is 0. The molecule has 1 rings (SSSR count). The summed E-state index contributed by atoms with van der Waals surface area (Å²) in [5, 5.41) is 0. The number of hydrogen-bond acceptors (Lipinski definition) is 3. The maximum atomic E-state index is 5.50. The van der Waals surface area contributed by atoms with Crippen LogP contribution in [0, 0.1) is 0 Å². The molecule has 0 aromatic heterocycles. The molecule has 14 heavy (non-hydrogen) atoms. The fraction of sp³-hybridized carbons (Fsp3) is 0.455. The standard InChI is InChI=1S/C11H17NO2/c1-9(7-12)14-8-10-4-3-5-11(6-10)13-2/h3-6,9H,7-8,12H2,1-2H3/t9-/m0/s1. The largest absolute Gasteiger partial charge is 0.497 e. The van der Waals surface area contributed by atoms with Gasteiger partial charge in [0.1, 0.15) is 5.75 Å². The number of methoxy groups -OCH3 is 1. The van der Waals surface area contributed by atoms with Gasteiger partial charge in [0.25, 0.3) is 0 Å². The molecule has 0 aliphatic heterocycles. The second-order valence-corrected chi connectivity index (χ2v) is 3.21. The monoisotopic (exact) mass is 195 g/mol. The zero-order chi connectivity index (χ0) is 10.4. The van der Waals surface area contributed by atoms with Crippen molar-refractivity contribution in [1.82, 2.24) is 0 Å². The SMILES string of the molecule is COc1cccc(CO[C@@H](C)CN)c1. The molecule has 0 bridgehead atoms. The predicted molar refractivity (Wildman–Crippen MR) is 56.3 cm³/mol. The lowest BCUT2D eigenvalue weighted by molar-refractivity contribution is 0.0589. The number of benzene rings is 1. The van der Waals surface area contributed by atoms with Crippen LogP contribution in [0.25, 0.3) is 0 Å². The van der Waals surface area contributed by atoms with Gasteiger partial charge in [-0.1, -0.05) is 12.1 Å². The summed E-state index contributed by atoms with van der Waals surface area (Å²) in [5.74, 6) is 0.853. The molecule has 1 atom stereocenters. The minimum Gasteiger partial charge on any atom is -0.497 e. The van der Waals surface area contributed by atoms with Gasteiger partial charge in [0.05, 0.1) is 19.8 Å². The molecule has 3 nitrogen and oxygen atoms in total. The molecule has 0 unspecified atom stereocenters. The molecule has 1 aromatic carbocycles. The Labute approximate surface area is 84.8 Å². The van der Waals surface area contributed by atoms with Crippen molar-refractivity contribution < 1.29 is 9.47 Å². The lowest BCUT2D eigenvalue weighted by Gasteiger charge is -2.10. The maximum Gasteiger partial charge on any atom is 0.119 e. The fourth-order valence-electron chi connectivity index (χ4n) is 1.07. The first-order valence-electron chi connectivity index (χ1n) is 4.71. The van der Waals surface area contributed by atoms with E-state index in [1.165, 1.54) is 0 Å². The van der Waals surface area contributed by atoms with Crippen LogP contribution >= 0.6 is 0 Å². The molecule has 0 radical (unpaired) electrons. The Morgan fingerprint density at radius 3 is 2.86 bits per heavy atom. The molecule has 0 aliphatic carbocycles. The average Bonchev–Trinajstić information content (AvgIpc) is 2.26. The zero-order valence-electron chi connectivity index (χ0n) is 8.69. The minimum atomic E-state index is 0.0983. The summed E-state index contributed by atoms with van der Waals surface area (Å²) in [6.07, 6.45) is 0.0983. The van der Waals surface area contributed by atoms with Crippen LogP contribution < -0.4 is 10.5 Å². The van der Waals surface area contributed by atoms with Gasteiger partial charge in [0, 0.05) is 6.54 Å². The Balaban J connectivity index is 2.50. The summed E-state index contributed by atoms with van der Waals surface area (Å²) in [7, 11) is 1.66. The highest BCUT2D eigenvalue weighted by Gasteiger charge is 2.00. The van der Waals surface area contributed by atoms with E-state index in [9.17, 15) is 0 Å². The van der Waals surface area contributed by atoms with E-state index in [0.717, 1.165) is 11.3 Å². The molecular weight excluding hydrogens is 178 g/mol. The molecular formula is C11H17NO2. The van der Waals surface area contributed by atoms with Gasteiger partial charge >= 0.3 is 0 Å². The van der Waals surface area contributed by atoms with Crippen molar-refractivity contribution in [2.45, 2.75) is 19.6 Å². The van der Waals surface area contributed by atoms with E-state index in [1.807, 2.05) is 31.2 Å². The summed E-state index contributed by atoms with van der Waals surface area (Å²) in [5.41, 5.74) is 6.54. The molecule has 78 valence electrons. The van der Waals surface area contributed by atoms with Crippen molar-refractivity contribution in [3.05, 3.63) is 29.8 Å². The average molecular weight is 195 g/mol. The molecule has 0 spiro atoms. The molecule has 0 aliphatic rings. The Bertz CT molecular complexity index is 276. The quantitative estimate of drug-likeness (QED) is 0.775. The molecule has 0 heterocycles. The van der Waals surface area contributed by atoms with Crippen molar-refractivity contribution in [2.24, 2.45) is 5.73 Å². The smallest absolute Gasteiger partial charge is 0.119 e. The van der Waals surface area contributed by atoms with E-state index in [4.69, 9.17) is 15.2 Å². The zero-order valence-corrected chi connectivity index (χ0v) is 8.69. The molecule has 0 fully saturated rings. The normalized spacial score (nSPS) is 12.5. The molecule has 0 saturated carbocycles. The van der Waals surface area contributed by atoms with Crippen LogP contribution in [0.1, 0.15) is 12.5 Å². The minimum absolute atomic E-state index is 0.0983. The number of ether oxygens (including phenoxy) is 2. The van der Waals surface area contributed by atoms with E-state index in [2.05, 4.69) is 0 Å². The Hall–Kier alpha value is -1.06. The third kappa shape index (κ3) is 3.36. The van der Waals surface area contributed by atoms with Gasteiger partial charge < -0.3 is 15.2 Å². The van der Waals surface area contributed by atoms with E-state index in [-0.39, 0.29) is 6.10 Å². The van der Waals surface area contributed by atoms with Gasteiger partial charge in [0.2, 0.25) is 0 Å². The first-order chi connectivity index (χ1) is 6.76. The molecule has 2 N–H and O–H groups in total. The molecule has 0 amide bonds. The van der Waals surface area contributed by atoms with Crippen molar-refractivity contribution >= 4 is 0 Å². The number of nitrogens with two attached hydrogens (primary N) is 1. The van der Waals surface area contributed by atoms with Crippen LogP contribution in [-0.2, 0) is 11.3 Å². The van der Waals surface area contributed by atoms with Gasteiger partial charge in [-0.15, -0.1) is 0 Å². The Kier molecular flexibility index (Phi) is 4.43. The summed E-state index contributed by atoms with van der Waals surface area (Å²) >= 11 is 0. The van der Waals surface area contributed by atoms with Crippen LogP contribution in [0.15, 0.2) is 24.3 Å². The van der Waals surface area contributed by atoms with E-state index >= 15 is 0 Å². The predicted octanol–water partition coefficient (Wildman–Crippen LogP) is 1.56. The van der Waals surface area contributed by atoms with Crippen LogP contribution in [0.5, 0.6) is 5.75 Å². The highest BCUT2D eigenvalue weighted by atomic mass is 16.5. The first kappa shape index (κ1) is 11.0. The summed E-state index contributed by atoms with van der Waals surface area (Å²) < 4.78 is 10.6. The fourth-order valence-corrected chi connectivity index (χ4v) is 1.07. The van der Waals surface area contributed by atoms with Crippen LogP contribution in [0.3, 0.4) is 0 Å². The Morgan fingerprint density at radius 2 is 2.21 bits per heavy atom. The second-order valence-electron chi connectivity index (χ2n) is 3.21. The summed E-state index contributed by atoms with van der Waals surface area (Å²) in [6, 6.07) is 7.83. The first-order valence-corrected chi connectivity index (χ1v) is 4.71. The van der Waals surface area contributed by atoms with Crippen LogP contribution in [0.2, 0.25) is 0 Å². The van der Waals surface area contributed by atoms with Crippen LogP contribution in [0.4, 0.5) is 0 Å². The molecule has 1 aromatic rings. The molecule has 0 saturated heterocycles. The van der Waals surface area contributed by atoms with Gasteiger partial charge in [-0.2, -0.15) is 0 Å². The van der Waals surface area contributed by atoms with Crippen LogP contribution in [-0.4, -0.2) is 19.8 Å². The van der Waals surface area contributed by atoms with Gasteiger partial charge in [-0.3, -0.25) is 0 Å². The lowest BCUT2D eigenvalue weighted by Crippen LogP contribution is -2.19. The third-order valence-electron chi connectivity index (χ3n) is 2.00. The second kappa shape index (κ2) is 5.62. The van der Waals surface area contributed by atoms with E-state index in [0.29, 0.717) is 13.2 Å². The van der Waals surface area contributed by atoms with Gasteiger partial charge in [0.15, 0.2) is 0 Å². The van der Waals surface area contributed by atoms with Gasteiger partial charge in [-0.05, 0) is 24.6 Å². The van der Waals surface area contributed by atoms with Crippen molar-refractivity contribution in [3.63, 3.8) is 0 Å². The van der Waals surface area contributed by atoms with E-state index < -0.39 is 0 Å². The van der Waals surface area contributed by atoms with Crippen molar-refractivity contribution in [3.8, 4) is 5.75 Å². The maximum absolute atomic E-state index is 5.50. The summed E-state index contributed by atoms with van der Waals surface area (Å²) in [6.45, 7) is 3.08. The highest BCUT2D eigenvalue weighted by Crippen LogP contribution is 2.13. The van der Waals surface area contributed by atoms with Gasteiger partial charge in [-0.25, -0.2) is 0 Å². The third-order valence-corrected chi connectivity index (χ3v) is 2.00. The van der Waals surface area contributed by atoms with Crippen molar-refractivity contribution in [1.29, 1.82) is 0 Å². The van der Waals surface area contributed by atoms with Crippen molar-refractivity contribution in [2.75, 3.05) is 13.7 Å². The Morgan fingerprint density at radius 1 is 1.43 bits per heavy atom. The number of rotatable bonds is 5. The lowest BCUT2D eigenvalue weighted by atomic mass is 10.2. The molecule has 3 heteroatoms. The number of hydrogen-bond donors (Lipinski definition) is 1. The highest BCUT2D eigenvalue weighted by molar-refractivity contribution is 5.27. The topological polar surface area (TPSA) is 44.5 Å². The van der Waals surface area contributed by atoms with E-state index in [1.54, 1.807) is 7.11 Å².